The van der Waals surface area contributed by atoms with Crippen molar-refractivity contribution in [3.63, 3.8) is 0 Å². The highest BCUT2D eigenvalue weighted by Crippen LogP contribution is 2.02. The molecule has 1 aromatic carbocycles. The number of hydrogen-bond acceptors (Lipinski definition) is 2. The number of primary amides is 1. The summed E-state index contributed by atoms with van der Waals surface area (Å²) >= 11 is 0. The number of nitrogens with one attached hydrogen (secondary N) is 1. The van der Waals surface area contributed by atoms with Crippen molar-refractivity contribution >= 4 is 11.8 Å². The normalized spacial score (nSPS) is 11.3. The van der Waals surface area contributed by atoms with Crippen molar-refractivity contribution in [2.45, 2.75) is 25.3 Å². The Hall–Kier alpha value is -2.28. The maximum Gasteiger partial charge on any atom is 0.240 e. The van der Waals surface area contributed by atoms with Crippen LogP contribution < -0.4 is 11.1 Å². The third-order valence-corrected chi connectivity index (χ3v) is 2.48. The minimum absolute atomic E-state index is 0.117. The van der Waals surface area contributed by atoms with Crippen molar-refractivity contribution in [1.82, 2.24) is 5.32 Å². The highest BCUT2D eigenvalue weighted by molar-refractivity contribution is 5.86. The molecule has 18 heavy (non-hydrogen) atoms. The van der Waals surface area contributed by atoms with Crippen LogP contribution >= 0.6 is 0 Å². The van der Waals surface area contributed by atoms with Gasteiger partial charge in [-0.1, -0.05) is 30.3 Å². The Balaban J connectivity index is 2.42. The van der Waals surface area contributed by atoms with E-state index in [1.807, 2.05) is 30.3 Å². The average Bonchev–Trinajstić information content (AvgIpc) is 2.37. The molecule has 0 spiro atoms. The summed E-state index contributed by atoms with van der Waals surface area (Å²) in [6.07, 6.45) is 6.14. The number of benzene rings is 1. The third kappa shape index (κ3) is 4.71. The van der Waals surface area contributed by atoms with E-state index in [1.54, 1.807) is 0 Å². The topological polar surface area (TPSA) is 72.2 Å². The highest BCUT2D eigenvalue weighted by atomic mass is 16.2. The Bertz CT molecular complexity index is 449. The van der Waals surface area contributed by atoms with Gasteiger partial charge in [0.1, 0.15) is 6.04 Å². The van der Waals surface area contributed by atoms with Gasteiger partial charge in [-0.15, -0.1) is 12.3 Å². The molecular formula is C14H16N2O2. The first-order chi connectivity index (χ1) is 8.63. The lowest BCUT2D eigenvalue weighted by atomic mass is 10.1. The van der Waals surface area contributed by atoms with Gasteiger partial charge in [-0.3, -0.25) is 9.59 Å². The van der Waals surface area contributed by atoms with E-state index in [0.717, 1.165) is 5.56 Å². The van der Waals surface area contributed by atoms with E-state index in [-0.39, 0.29) is 12.3 Å². The first-order valence-electron chi connectivity index (χ1n) is 5.69. The number of terminal acetylenes is 1. The summed E-state index contributed by atoms with van der Waals surface area (Å²) in [7, 11) is 0. The summed E-state index contributed by atoms with van der Waals surface area (Å²) in [4.78, 5) is 22.6. The zero-order valence-corrected chi connectivity index (χ0v) is 10.1. The predicted molar refractivity (Wildman–Crippen MR) is 69.3 cm³/mol. The average molecular weight is 244 g/mol. The van der Waals surface area contributed by atoms with Gasteiger partial charge in [-0.2, -0.15) is 0 Å². The van der Waals surface area contributed by atoms with E-state index in [9.17, 15) is 9.59 Å². The Kier molecular flexibility index (Phi) is 5.46. The fourth-order valence-electron chi connectivity index (χ4n) is 1.51. The molecule has 4 heteroatoms. The Morgan fingerprint density at radius 1 is 1.33 bits per heavy atom. The van der Waals surface area contributed by atoms with E-state index >= 15 is 0 Å². The maximum atomic E-state index is 11.6. The van der Waals surface area contributed by atoms with Crippen LogP contribution in [0.5, 0.6) is 0 Å². The largest absolute Gasteiger partial charge is 0.368 e. The number of carbonyl (C=O) groups excluding carboxylic acids is 2. The molecule has 0 aromatic heterocycles. The second-order valence-corrected chi connectivity index (χ2v) is 3.92. The zero-order valence-electron chi connectivity index (χ0n) is 10.1. The molecule has 94 valence electrons. The Morgan fingerprint density at radius 2 is 2.00 bits per heavy atom. The van der Waals surface area contributed by atoms with Crippen LogP contribution in [0.1, 0.15) is 18.4 Å². The van der Waals surface area contributed by atoms with Gasteiger partial charge in [0, 0.05) is 12.8 Å². The van der Waals surface area contributed by atoms with Gasteiger partial charge in [0.25, 0.3) is 0 Å². The summed E-state index contributed by atoms with van der Waals surface area (Å²) < 4.78 is 0. The number of amides is 2. The molecule has 2 amide bonds. The second-order valence-electron chi connectivity index (χ2n) is 3.92. The highest BCUT2D eigenvalue weighted by Gasteiger charge is 2.16. The minimum Gasteiger partial charge on any atom is -0.368 e. The monoisotopic (exact) mass is 244 g/mol. The van der Waals surface area contributed by atoms with Gasteiger partial charge in [0.05, 0.1) is 0 Å². The molecule has 0 aliphatic heterocycles. The lowest BCUT2D eigenvalue weighted by molar-refractivity contribution is -0.127. The molecule has 0 fully saturated rings. The van der Waals surface area contributed by atoms with Crippen molar-refractivity contribution in [2.24, 2.45) is 5.73 Å². The molecule has 0 saturated carbocycles. The predicted octanol–water partition coefficient (Wildman–Crippen LogP) is 0.613. The molecule has 0 saturated heterocycles. The van der Waals surface area contributed by atoms with Crippen LogP contribution in [0.15, 0.2) is 30.3 Å². The number of carbonyl (C=O) groups is 2. The molecule has 0 aliphatic rings. The molecule has 3 N–H and O–H groups in total. The van der Waals surface area contributed by atoms with E-state index < -0.39 is 11.9 Å². The molecule has 1 rings (SSSR count). The van der Waals surface area contributed by atoms with Gasteiger partial charge in [0.15, 0.2) is 0 Å². The number of rotatable bonds is 6. The first-order valence-corrected chi connectivity index (χ1v) is 5.69. The van der Waals surface area contributed by atoms with Crippen LogP contribution in [0.3, 0.4) is 0 Å². The maximum absolute atomic E-state index is 11.6. The second kappa shape index (κ2) is 7.13. The zero-order chi connectivity index (χ0) is 13.4. The molecular weight excluding hydrogens is 228 g/mol. The number of nitrogens with two attached hydrogens (primary N) is 1. The summed E-state index contributed by atoms with van der Waals surface area (Å²) in [5.74, 6) is 1.48. The van der Waals surface area contributed by atoms with E-state index in [2.05, 4.69) is 11.2 Å². The van der Waals surface area contributed by atoms with Gasteiger partial charge >= 0.3 is 0 Å². The lowest BCUT2D eigenvalue weighted by Gasteiger charge is -2.12. The first kappa shape index (κ1) is 13.8. The van der Waals surface area contributed by atoms with Gasteiger partial charge in [-0.25, -0.2) is 0 Å². The fourth-order valence-corrected chi connectivity index (χ4v) is 1.51. The smallest absolute Gasteiger partial charge is 0.240 e. The number of aryl methyl sites for hydroxylation is 1. The molecule has 0 heterocycles. The molecule has 0 aliphatic carbocycles. The summed E-state index contributed by atoms with van der Waals surface area (Å²) in [6, 6.07) is 8.86. The summed E-state index contributed by atoms with van der Waals surface area (Å²) in [5.41, 5.74) is 6.20. The van der Waals surface area contributed by atoms with Gasteiger partial charge in [-0.05, 0) is 12.0 Å². The van der Waals surface area contributed by atoms with Gasteiger partial charge in [0.2, 0.25) is 11.8 Å². The molecule has 0 unspecified atom stereocenters. The van der Waals surface area contributed by atoms with E-state index in [4.69, 9.17) is 12.2 Å². The minimum atomic E-state index is -0.779. The number of hydrogen-bond donors (Lipinski definition) is 2. The van der Waals surface area contributed by atoms with Crippen molar-refractivity contribution < 1.29 is 9.59 Å². The van der Waals surface area contributed by atoms with Crippen LogP contribution in [0, 0.1) is 12.3 Å². The Morgan fingerprint density at radius 3 is 2.56 bits per heavy atom. The summed E-state index contributed by atoms with van der Waals surface area (Å²) in [5, 5.41) is 2.53. The summed E-state index contributed by atoms with van der Waals surface area (Å²) in [6.45, 7) is 0. The molecule has 0 bridgehead atoms. The fraction of sp³-hybridized carbons (Fsp3) is 0.286. The Labute approximate surface area is 107 Å². The van der Waals surface area contributed by atoms with E-state index in [1.165, 1.54) is 0 Å². The molecule has 1 atom stereocenters. The molecule has 0 radical (unpaired) electrons. The van der Waals surface area contributed by atoms with E-state index in [0.29, 0.717) is 12.8 Å². The van der Waals surface area contributed by atoms with Crippen LogP contribution in [0.2, 0.25) is 0 Å². The van der Waals surface area contributed by atoms with Crippen molar-refractivity contribution in [2.75, 3.05) is 0 Å². The lowest BCUT2D eigenvalue weighted by Crippen LogP contribution is -2.44. The van der Waals surface area contributed by atoms with Crippen molar-refractivity contribution in [3.05, 3.63) is 35.9 Å². The van der Waals surface area contributed by atoms with Gasteiger partial charge < -0.3 is 11.1 Å². The third-order valence-electron chi connectivity index (χ3n) is 2.48. The van der Waals surface area contributed by atoms with Crippen LogP contribution in [0.25, 0.3) is 0 Å². The molecule has 1 aromatic rings. The van der Waals surface area contributed by atoms with Crippen LogP contribution in [-0.2, 0) is 16.0 Å². The SMILES string of the molecule is C#CC[C@H](NC(=O)CCc1ccccc1)C(N)=O. The quantitative estimate of drug-likeness (QED) is 0.720. The van der Waals surface area contributed by atoms with Crippen molar-refractivity contribution in [3.8, 4) is 12.3 Å². The van der Waals surface area contributed by atoms with Crippen LogP contribution in [-0.4, -0.2) is 17.9 Å². The van der Waals surface area contributed by atoms with Crippen LogP contribution in [0.4, 0.5) is 0 Å². The molecule has 4 nitrogen and oxygen atoms in total. The standard InChI is InChI=1S/C14H16N2O2/c1-2-6-12(14(15)18)16-13(17)10-9-11-7-4-3-5-8-11/h1,3-5,7-8,12H,6,9-10H2,(H2,15,18)(H,16,17)/t12-/m0/s1. The van der Waals surface area contributed by atoms with Crippen molar-refractivity contribution in [1.29, 1.82) is 0 Å².